The monoisotopic (exact) mass is 206 g/mol. The van der Waals surface area contributed by atoms with Crippen LogP contribution in [0.5, 0.6) is 0 Å². The second-order valence-electron chi connectivity index (χ2n) is 3.73. The first kappa shape index (κ1) is 9.89. The molecule has 0 bridgehead atoms. The SMILES string of the molecule is Cc1cc(NC[C@H]2CCC(=O)N2)ncn1. The maximum absolute atomic E-state index is 11.0. The Bertz CT molecular complexity index is 366. The maximum Gasteiger partial charge on any atom is 0.220 e. The van der Waals surface area contributed by atoms with Crippen molar-refractivity contribution in [2.24, 2.45) is 0 Å². The molecule has 5 nitrogen and oxygen atoms in total. The minimum atomic E-state index is 0.140. The summed E-state index contributed by atoms with van der Waals surface area (Å²) in [4.78, 5) is 19.0. The number of rotatable bonds is 3. The average Bonchev–Trinajstić information content (AvgIpc) is 2.62. The van der Waals surface area contributed by atoms with Crippen molar-refractivity contribution in [3.05, 3.63) is 18.1 Å². The highest BCUT2D eigenvalue weighted by Crippen LogP contribution is 2.08. The van der Waals surface area contributed by atoms with Gasteiger partial charge in [0.1, 0.15) is 12.1 Å². The highest BCUT2D eigenvalue weighted by atomic mass is 16.1. The molecule has 80 valence electrons. The fourth-order valence-corrected chi connectivity index (χ4v) is 1.61. The van der Waals surface area contributed by atoms with Crippen LogP contribution in [0.3, 0.4) is 0 Å². The summed E-state index contributed by atoms with van der Waals surface area (Å²) >= 11 is 0. The Kier molecular flexibility index (Phi) is 2.80. The van der Waals surface area contributed by atoms with Crippen molar-refractivity contribution in [1.29, 1.82) is 0 Å². The van der Waals surface area contributed by atoms with E-state index in [1.54, 1.807) is 0 Å². The zero-order valence-electron chi connectivity index (χ0n) is 8.66. The predicted octanol–water partition coefficient (Wildman–Crippen LogP) is 0.476. The lowest BCUT2D eigenvalue weighted by atomic mass is 10.2. The van der Waals surface area contributed by atoms with E-state index in [0.717, 1.165) is 24.5 Å². The number of nitrogens with zero attached hydrogens (tertiary/aromatic N) is 2. The highest BCUT2D eigenvalue weighted by Gasteiger charge is 2.20. The fourth-order valence-electron chi connectivity index (χ4n) is 1.61. The molecular weight excluding hydrogens is 192 g/mol. The highest BCUT2D eigenvalue weighted by molar-refractivity contribution is 5.78. The predicted molar refractivity (Wildman–Crippen MR) is 56.4 cm³/mol. The van der Waals surface area contributed by atoms with Crippen molar-refractivity contribution in [2.45, 2.75) is 25.8 Å². The summed E-state index contributed by atoms with van der Waals surface area (Å²) < 4.78 is 0. The molecule has 0 aliphatic carbocycles. The summed E-state index contributed by atoms with van der Waals surface area (Å²) in [5, 5.41) is 6.08. The molecule has 5 heteroatoms. The molecule has 1 aromatic rings. The third kappa shape index (κ3) is 2.65. The molecule has 0 saturated carbocycles. The number of amides is 1. The Morgan fingerprint density at radius 1 is 1.60 bits per heavy atom. The van der Waals surface area contributed by atoms with Gasteiger partial charge in [-0.25, -0.2) is 9.97 Å². The van der Waals surface area contributed by atoms with Crippen LogP contribution in [0.25, 0.3) is 0 Å². The van der Waals surface area contributed by atoms with Crippen LogP contribution in [0.2, 0.25) is 0 Å². The second-order valence-corrected chi connectivity index (χ2v) is 3.73. The van der Waals surface area contributed by atoms with E-state index in [1.807, 2.05) is 13.0 Å². The average molecular weight is 206 g/mol. The van der Waals surface area contributed by atoms with Gasteiger partial charge < -0.3 is 10.6 Å². The van der Waals surface area contributed by atoms with Crippen LogP contribution in [0.1, 0.15) is 18.5 Å². The van der Waals surface area contributed by atoms with Crippen molar-refractivity contribution < 1.29 is 4.79 Å². The van der Waals surface area contributed by atoms with E-state index in [4.69, 9.17) is 0 Å². The van der Waals surface area contributed by atoms with Crippen LogP contribution in [0.15, 0.2) is 12.4 Å². The number of nitrogens with one attached hydrogen (secondary N) is 2. The Hall–Kier alpha value is -1.65. The van der Waals surface area contributed by atoms with Crippen molar-refractivity contribution in [2.75, 3.05) is 11.9 Å². The van der Waals surface area contributed by atoms with Gasteiger partial charge in [-0.3, -0.25) is 4.79 Å². The first-order valence-corrected chi connectivity index (χ1v) is 5.06. The number of anilines is 1. The van der Waals surface area contributed by atoms with Crippen molar-refractivity contribution >= 4 is 11.7 Å². The summed E-state index contributed by atoms with van der Waals surface area (Å²) in [5.74, 6) is 0.948. The van der Waals surface area contributed by atoms with Crippen LogP contribution in [0, 0.1) is 6.92 Å². The first-order chi connectivity index (χ1) is 7.24. The molecule has 2 heterocycles. The van der Waals surface area contributed by atoms with Crippen molar-refractivity contribution in [3.63, 3.8) is 0 Å². The third-order valence-electron chi connectivity index (χ3n) is 2.42. The Morgan fingerprint density at radius 2 is 2.47 bits per heavy atom. The van der Waals surface area contributed by atoms with Crippen molar-refractivity contribution in [1.82, 2.24) is 15.3 Å². The minimum Gasteiger partial charge on any atom is -0.368 e. The topological polar surface area (TPSA) is 66.9 Å². The van der Waals surface area contributed by atoms with E-state index in [-0.39, 0.29) is 11.9 Å². The Balaban J connectivity index is 1.85. The molecular formula is C10H14N4O. The van der Waals surface area contributed by atoms with E-state index in [9.17, 15) is 4.79 Å². The van der Waals surface area contributed by atoms with Gasteiger partial charge in [-0.2, -0.15) is 0 Å². The van der Waals surface area contributed by atoms with Crippen LogP contribution < -0.4 is 10.6 Å². The maximum atomic E-state index is 11.0. The quantitative estimate of drug-likeness (QED) is 0.754. The van der Waals surface area contributed by atoms with Gasteiger partial charge in [0.2, 0.25) is 5.91 Å². The van der Waals surface area contributed by atoms with Crippen LogP contribution >= 0.6 is 0 Å². The molecule has 1 amide bonds. The normalized spacial score (nSPS) is 20.1. The van der Waals surface area contributed by atoms with Crippen LogP contribution in [-0.4, -0.2) is 28.5 Å². The van der Waals surface area contributed by atoms with Gasteiger partial charge in [0.15, 0.2) is 0 Å². The number of aryl methyl sites for hydroxylation is 1. The zero-order chi connectivity index (χ0) is 10.7. The number of carbonyl (C=O) groups excluding carboxylic acids is 1. The van der Waals surface area contributed by atoms with Gasteiger partial charge in [-0.05, 0) is 13.3 Å². The molecule has 0 spiro atoms. The van der Waals surface area contributed by atoms with Crippen molar-refractivity contribution in [3.8, 4) is 0 Å². The fraction of sp³-hybridized carbons (Fsp3) is 0.500. The summed E-state index contributed by atoms with van der Waals surface area (Å²) in [6.45, 7) is 2.65. The van der Waals surface area contributed by atoms with Gasteiger partial charge in [0, 0.05) is 30.8 Å². The number of hydrogen-bond donors (Lipinski definition) is 2. The van der Waals surface area contributed by atoms with Gasteiger partial charge in [0.05, 0.1) is 0 Å². The molecule has 0 radical (unpaired) electrons. The third-order valence-corrected chi connectivity index (χ3v) is 2.42. The first-order valence-electron chi connectivity index (χ1n) is 5.06. The molecule has 1 aliphatic rings. The molecule has 1 saturated heterocycles. The Labute approximate surface area is 88.3 Å². The second kappa shape index (κ2) is 4.25. The van der Waals surface area contributed by atoms with Crippen LogP contribution in [0.4, 0.5) is 5.82 Å². The zero-order valence-corrected chi connectivity index (χ0v) is 8.66. The largest absolute Gasteiger partial charge is 0.368 e. The smallest absolute Gasteiger partial charge is 0.220 e. The summed E-state index contributed by atoms with van der Waals surface area (Å²) in [6, 6.07) is 2.12. The van der Waals surface area contributed by atoms with Gasteiger partial charge in [-0.15, -0.1) is 0 Å². The molecule has 2 N–H and O–H groups in total. The molecule has 1 aromatic heterocycles. The van der Waals surface area contributed by atoms with E-state index >= 15 is 0 Å². The standard InChI is InChI=1S/C10H14N4O/c1-7-4-9(13-6-12-7)11-5-8-2-3-10(15)14-8/h4,6,8H,2-3,5H2,1H3,(H,14,15)(H,11,12,13)/t8-/m1/s1. The number of carbonyl (C=O) groups is 1. The van der Waals surface area contributed by atoms with Gasteiger partial charge in [-0.1, -0.05) is 0 Å². The summed E-state index contributed by atoms with van der Waals surface area (Å²) in [6.07, 6.45) is 3.07. The number of aromatic nitrogens is 2. The van der Waals surface area contributed by atoms with E-state index in [2.05, 4.69) is 20.6 Å². The Morgan fingerprint density at radius 3 is 3.13 bits per heavy atom. The molecule has 1 aliphatic heterocycles. The molecule has 0 unspecified atom stereocenters. The van der Waals surface area contributed by atoms with E-state index in [0.29, 0.717) is 6.42 Å². The minimum absolute atomic E-state index is 0.140. The van der Waals surface area contributed by atoms with Gasteiger partial charge in [0.25, 0.3) is 0 Å². The van der Waals surface area contributed by atoms with E-state index < -0.39 is 0 Å². The molecule has 15 heavy (non-hydrogen) atoms. The molecule has 1 fully saturated rings. The molecule has 2 rings (SSSR count). The summed E-state index contributed by atoms with van der Waals surface area (Å²) in [5.41, 5.74) is 0.933. The lowest BCUT2D eigenvalue weighted by Gasteiger charge is -2.11. The molecule has 1 atom stereocenters. The van der Waals surface area contributed by atoms with Crippen LogP contribution in [-0.2, 0) is 4.79 Å². The summed E-state index contributed by atoms with van der Waals surface area (Å²) in [7, 11) is 0. The lowest BCUT2D eigenvalue weighted by molar-refractivity contribution is -0.119. The number of hydrogen-bond acceptors (Lipinski definition) is 4. The van der Waals surface area contributed by atoms with Gasteiger partial charge >= 0.3 is 0 Å². The van der Waals surface area contributed by atoms with E-state index in [1.165, 1.54) is 6.33 Å². The lowest BCUT2D eigenvalue weighted by Crippen LogP contribution is -2.31. The molecule has 0 aromatic carbocycles.